The number of hydrogen-bond acceptors (Lipinski definition) is 3. The van der Waals surface area contributed by atoms with Crippen LogP contribution in [0, 0.1) is 11.3 Å². The van der Waals surface area contributed by atoms with Gasteiger partial charge in [0.25, 0.3) is 0 Å². The minimum atomic E-state index is -0.145. The van der Waals surface area contributed by atoms with E-state index in [4.69, 9.17) is 0 Å². The van der Waals surface area contributed by atoms with Crippen molar-refractivity contribution in [2.24, 2.45) is 11.3 Å². The number of hydrogen-bond donors (Lipinski definition) is 2. The number of nitrogens with zero attached hydrogens (tertiary/aromatic N) is 1. The maximum Gasteiger partial charge on any atom is 0.0609 e. The summed E-state index contributed by atoms with van der Waals surface area (Å²) < 4.78 is 0. The Morgan fingerprint density at radius 2 is 1.68 bits per heavy atom. The fraction of sp³-hybridized carbons (Fsp3) is 1.00. The summed E-state index contributed by atoms with van der Waals surface area (Å²) in [5.74, 6) is 0.693. The average molecular weight is 272 g/mol. The van der Waals surface area contributed by atoms with Gasteiger partial charge in [0, 0.05) is 18.6 Å². The first-order chi connectivity index (χ1) is 8.73. The van der Waals surface area contributed by atoms with E-state index in [1.807, 2.05) is 0 Å². The van der Waals surface area contributed by atoms with Crippen LogP contribution >= 0.6 is 0 Å². The van der Waals surface area contributed by atoms with Crippen LogP contribution in [-0.4, -0.2) is 48.8 Å². The van der Waals surface area contributed by atoms with Gasteiger partial charge in [-0.1, -0.05) is 27.7 Å². The molecule has 0 aromatic carbocycles. The summed E-state index contributed by atoms with van der Waals surface area (Å²) in [6.07, 6.45) is 2.33. The normalized spacial score (nSPS) is 13.6. The molecule has 0 radical (unpaired) electrons. The molecule has 0 bridgehead atoms. The van der Waals surface area contributed by atoms with Crippen LogP contribution < -0.4 is 5.32 Å². The molecule has 0 saturated heterocycles. The Morgan fingerprint density at radius 3 is 2.05 bits per heavy atom. The lowest BCUT2D eigenvalue weighted by molar-refractivity contribution is 0.0366. The molecule has 0 aromatic heterocycles. The Balaban J connectivity index is 4.61. The second kappa shape index (κ2) is 8.23. The second-order valence-corrected chi connectivity index (χ2v) is 7.06. The van der Waals surface area contributed by atoms with Crippen molar-refractivity contribution in [3.63, 3.8) is 0 Å². The molecule has 3 heteroatoms. The highest BCUT2D eigenvalue weighted by Gasteiger charge is 2.32. The van der Waals surface area contributed by atoms with E-state index in [0.29, 0.717) is 11.3 Å². The lowest BCUT2D eigenvalue weighted by Crippen LogP contribution is -2.51. The van der Waals surface area contributed by atoms with Crippen molar-refractivity contribution >= 4 is 0 Å². The highest BCUT2D eigenvalue weighted by Crippen LogP contribution is 2.29. The van der Waals surface area contributed by atoms with Gasteiger partial charge in [0.05, 0.1) is 6.61 Å². The number of aliphatic hydroxyl groups excluding tert-OH is 1. The van der Waals surface area contributed by atoms with Crippen LogP contribution in [0.5, 0.6) is 0 Å². The fourth-order valence-electron chi connectivity index (χ4n) is 2.24. The highest BCUT2D eigenvalue weighted by molar-refractivity contribution is 4.87. The summed E-state index contributed by atoms with van der Waals surface area (Å²) in [7, 11) is 2.12. The van der Waals surface area contributed by atoms with E-state index in [-0.39, 0.29) is 12.1 Å². The monoisotopic (exact) mass is 272 g/mol. The molecule has 0 aliphatic heterocycles. The van der Waals surface area contributed by atoms with E-state index in [0.717, 1.165) is 19.6 Å². The van der Waals surface area contributed by atoms with Crippen molar-refractivity contribution in [3.05, 3.63) is 0 Å². The molecule has 19 heavy (non-hydrogen) atoms. The van der Waals surface area contributed by atoms with Gasteiger partial charge >= 0.3 is 0 Å². The highest BCUT2D eigenvalue weighted by atomic mass is 16.3. The second-order valence-electron chi connectivity index (χ2n) is 7.06. The van der Waals surface area contributed by atoms with Crippen LogP contribution in [0.25, 0.3) is 0 Å². The minimum Gasteiger partial charge on any atom is -0.394 e. The number of rotatable bonds is 10. The first kappa shape index (κ1) is 18.9. The van der Waals surface area contributed by atoms with Crippen molar-refractivity contribution in [2.45, 2.75) is 59.9 Å². The quantitative estimate of drug-likeness (QED) is 0.642. The van der Waals surface area contributed by atoms with Gasteiger partial charge in [-0.15, -0.1) is 0 Å². The van der Waals surface area contributed by atoms with Gasteiger partial charge in [0.2, 0.25) is 0 Å². The summed E-state index contributed by atoms with van der Waals surface area (Å²) in [4.78, 5) is 2.30. The summed E-state index contributed by atoms with van der Waals surface area (Å²) >= 11 is 0. The molecule has 0 spiro atoms. The number of nitrogens with one attached hydrogen (secondary N) is 1. The predicted octanol–water partition coefficient (Wildman–Crippen LogP) is 2.74. The molecular weight excluding hydrogens is 236 g/mol. The van der Waals surface area contributed by atoms with Crippen LogP contribution in [0.3, 0.4) is 0 Å². The molecule has 3 nitrogen and oxygen atoms in total. The van der Waals surface area contributed by atoms with Gasteiger partial charge in [0.15, 0.2) is 0 Å². The molecule has 0 fully saturated rings. The molecule has 0 aliphatic rings. The largest absolute Gasteiger partial charge is 0.394 e. The molecule has 116 valence electrons. The fourth-order valence-corrected chi connectivity index (χ4v) is 2.24. The standard InChI is InChI=1S/C16H36N2O/c1-8-16(9-2,11-17-10-14(3)4)12-18(7)15(5,6)13-19/h14,17,19H,8-13H2,1-7H3. The van der Waals surface area contributed by atoms with Gasteiger partial charge in [-0.05, 0) is 51.6 Å². The Kier molecular flexibility index (Phi) is 8.18. The van der Waals surface area contributed by atoms with Gasteiger partial charge in [-0.3, -0.25) is 4.90 Å². The molecule has 0 atom stereocenters. The van der Waals surface area contributed by atoms with Crippen molar-refractivity contribution in [1.29, 1.82) is 0 Å². The maximum atomic E-state index is 9.50. The van der Waals surface area contributed by atoms with Crippen molar-refractivity contribution in [3.8, 4) is 0 Å². The van der Waals surface area contributed by atoms with Gasteiger partial charge in [0.1, 0.15) is 0 Å². The van der Waals surface area contributed by atoms with Crippen LogP contribution in [0.4, 0.5) is 0 Å². The van der Waals surface area contributed by atoms with Crippen molar-refractivity contribution < 1.29 is 5.11 Å². The SMILES string of the molecule is CCC(CC)(CNCC(C)C)CN(C)C(C)(C)CO. The van der Waals surface area contributed by atoms with E-state index in [9.17, 15) is 5.11 Å². The Hall–Kier alpha value is -0.120. The van der Waals surface area contributed by atoms with E-state index in [1.54, 1.807) is 0 Å². The van der Waals surface area contributed by atoms with E-state index < -0.39 is 0 Å². The summed E-state index contributed by atoms with van der Waals surface area (Å²) in [6, 6.07) is 0. The molecule has 0 unspecified atom stereocenters. The molecule has 0 aliphatic carbocycles. The third kappa shape index (κ3) is 6.24. The minimum absolute atomic E-state index is 0.145. The Bertz CT molecular complexity index is 235. The summed E-state index contributed by atoms with van der Waals surface area (Å²) in [6.45, 7) is 16.6. The smallest absolute Gasteiger partial charge is 0.0609 e. The molecule has 0 amide bonds. The molecule has 2 N–H and O–H groups in total. The lowest BCUT2D eigenvalue weighted by atomic mass is 9.80. The molecule has 0 rings (SSSR count). The molecule has 0 heterocycles. The van der Waals surface area contributed by atoms with Crippen LogP contribution in [-0.2, 0) is 0 Å². The Morgan fingerprint density at radius 1 is 1.16 bits per heavy atom. The first-order valence-electron chi connectivity index (χ1n) is 7.76. The third-order valence-electron chi connectivity index (χ3n) is 4.55. The van der Waals surface area contributed by atoms with E-state index in [2.05, 4.69) is 58.8 Å². The maximum absolute atomic E-state index is 9.50. The topological polar surface area (TPSA) is 35.5 Å². The zero-order valence-corrected chi connectivity index (χ0v) is 14.2. The first-order valence-corrected chi connectivity index (χ1v) is 7.76. The number of likely N-dealkylation sites (N-methyl/N-ethyl adjacent to an activating group) is 1. The van der Waals surface area contributed by atoms with Gasteiger partial charge in [-0.2, -0.15) is 0 Å². The zero-order chi connectivity index (χ0) is 15.1. The zero-order valence-electron chi connectivity index (χ0n) is 14.2. The van der Waals surface area contributed by atoms with Gasteiger partial charge < -0.3 is 10.4 Å². The van der Waals surface area contributed by atoms with Crippen molar-refractivity contribution in [1.82, 2.24) is 10.2 Å². The molecule has 0 aromatic rings. The van der Waals surface area contributed by atoms with E-state index in [1.165, 1.54) is 12.8 Å². The van der Waals surface area contributed by atoms with Crippen LogP contribution in [0.15, 0.2) is 0 Å². The molecule has 0 saturated carbocycles. The predicted molar refractivity (Wildman–Crippen MR) is 84.5 cm³/mol. The molecular formula is C16H36N2O. The summed E-state index contributed by atoms with van der Waals surface area (Å²) in [5.41, 5.74) is 0.156. The van der Waals surface area contributed by atoms with Crippen molar-refractivity contribution in [2.75, 3.05) is 33.3 Å². The third-order valence-corrected chi connectivity index (χ3v) is 4.55. The number of aliphatic hydroxyl groups is 1. The Labute approximate surface area is 120 Å². The summed E-state index contributed by atoms with van der Waals surface area (Å²) in [5, 5.41) is 13.1. The van der Waals surface area contributed by atoms with Gasteiger partial charge in [-0.25, -0.2) is 0 Å². The van der Waals surface area contributed by atoms with E-state index >= 15 is 0 Å². The lowest BCUT2D eigenvalue weighted by Gasteiger charge is -2.42. The van der Waals surface area contributed by atoms with Crippen LogP contribution in [0.1, 0.15) is 54.4 Å². The average Bonchev–Trinajstić information content (AvgIpc) is 2.36. The van der Waals surface area contributed by atoms with Crippen LogP contribution in [0.2, 0.25) is 0 Å².